The Balaban J connectivity index is 2.40. The van der Waals surface area contributed by atoms with Gasteiger partial charge in [-0.15, -0.1) is 6.58 Å². The average Bonchev–Trinajstić information content (AvgIpc) is 2.59. The fourth-order valence-electron chi connectivity index (χ4n) is 2.01. The van der Waals surface area contributed by atoms with E-state index in [4.69, 9.17) is 11.6 Å². The molecule has 7 heteroatoms. The van der Waals surface area contributed by atoms with E-state index in [0.717, 1.165) is 4.31 Å². The third-order valence-corrected chi connectivity index (χ3v) is 5.22. The number of sulfonamides is 1. The Morgan fingerprint density at radius 3 is 2.33 bits per heavy atom. The molecule has 0 saturated carbocycles. The molecule has 2 aromatic rings. The lowest BCUT2D eigenvalue weighted by molar-refractivity contribution is -0.119. The predicted molar refractivity (Wildman–Crippen MR) is 95.6 cm³/mol. The van der Waals surface area contributed by atoms with Crippen LogP contribution in [0, 0.1) is 0 Å². The highest BCUT2D eigenvalue weighted by molar-refractivity contribution is 7.92. The van der Waals surface area contributed by atoms with E-state index in [-0.39, 0.29) is 18.0 Å². The van der Waals surface area contributed by atoms with Gasteiger partial charge in [-0.3, -0.25) is 9.10 Å². The summed E-state index contributed by atoms with van der Waals surface area (Å²) in [6, 6.07) is 14.2. The van der Waals surface area contributed by atoms with Crippen molar-refractivity contribution in [1.82, 2.24) is 5.32 Å². The fourth-order valence-corrected chi connectivity index (χ4v) is 3.58. The molecule has 1 amide bonds. The van der Waals surface area contributed by atoms with Crippen molar-refractivity contribution in [3.05, 3.63) is 72.3 Å². The van der Waals surface area contributed by atoms with E-state index in [9.17, 15) is 13.2 Å². The van der Waals surface area contributed by atoms with Gasteiger partial charge >= 0.3 is 0 Å². The van der Waals surface area contributed by atoms with Gasteiger partial charge < -0.3 is 5.32 Å². The van der Waals surface area contributed by atoms with E-state index in [1.165, 1.54) is 18.2 Å². The van der Waals surface area contributed by atoms with Gasteiger partial charge in [0.2, 0.25) is 5.91 Å². The molecule has 1 N–H and O–H groups in total. The summed E-state index contributed by atoms with van der Waals surface area (Å²) in [6.07, 6.45) is 1.52. The monoisotopic (exact) mass is 364 g/mol. The Kier molecular flexibility index (Phi) is 6.00. The maximum Gasteiger partial charge on any atom is 0.264 e. The first kappa shape index (κ1) is 18.0. The summed E-state index contributed by atoms with van der Waals surface area (Å²) in [5, 5.41) is 3.06. The third kappa shape index (κ3) is 4.37. The van der Waals surface area contributed by atoms with E-state index in [0.29, 0.717) is 10.7 Å². The van der Waals surface area contributed by atoms with Crippen molar-refractivity contribution in [3.8, 4) is 0 Å². The Morgan fingerprint density at radius 2 is 1.75 bits per heavy atom. The topological polar surface area (TPSA) is 66.5 Å². The number of amides is 1. The molecule has 0 saturated heterocycles. The van der Waals surface area contributed by atoms with Crippen molar-refractivity contribution in [2.75, 3.05) is 17.4 Å². The van der Waals surface area contributed by atoms with Gasteiger partial charge in [-0.05, 0) is 36.4 Å². The number of benzene rings is 2. The second-order valence-corrected chi connectivity index (χ2v) is 7.19. The van der Waals surface area contributed by atoms with Crippen LogP contribution in [0.1, 0.15) is 0 Å². The van der Waals surface area contributed by atoms with Crippen LogP contribution in [0.25, 0.3) is 0 Å². The Hall–Kier alpha value is -2.31. The molecular formula is C17H17ClN2O3S. The largest absolute Gasteiger partial charge is 0.351 e. The molecule has 2 rings (SSSR count). The van der Waals surface area contributed by atoms with Crippen LogP contribution in [0.5, 0.6) is 0 Å². The highest BCUT2D eigenvalue weighted by atomic mass is 35.5. The van der Waals surface area contributed by atoms with Crippen molar-refractivity contribution in [3.63, 3.8) is 0 Å². The Labute approximate surface area is 146 Å². The molecule has 0 aliphatic rings. The van der Waals surface area contributed by atoms with Gasteiger partial charge in [0.15, 0.2) is 0 Å². The highest BCUT2D eigenvalue weighted by Crippen LogP contribution is 2.24. The molecule has 0 aromatic heterocycles. The number of anilines is 1. The van der Waals surface area contributed by atoms with Crippen molar-refractivity contribution in [1.29, 1.82) is 0 Å². The molecule has 0 bridgehead atoms. The summed E-state index contributed by atoms with van der Waals surface area (Å²) in [5.74, 6) is -0.427. The van der Waals surface area contributed by atoms with Gasteiger partial charge in [0.1, 0.15) is 6.54 Å². The van der Waals surface area contributed by atoms with E-state index in [2.05, 4.69) is 11.9 Å². The van der Waals surface area contributed by atoms with Gasteiger partial charge in [-0.2, -0.15) is 0 Å². The van der Waals surface area contributed by atoms with Crippen molar-refractivity contribution in [2.24, 2.45) is 0 Å². The molecule has 0 aliphatic heterocycles. The summed E-state index contributed by atoms with van der Waals surface area (Å²) >= 11 is 5.86. The van der Waals surface area contributed by atoms with Crippen LogP contribution in [0.3, 0.4) is 0 Å². The van der Waals surface area contributed by atoms with E-state index in [1.54, 1.807) is 42.5 Å². The number of halogens is 1. The normalized spacial score (nSPS) is 10.9. The molecule has 0 spiro atoms. The number of rotatable bonds is 7. The number of carbonyl (C=O) groups is 1. The maximum atomic E-state index is 12.9. The van der Waals surface area contributed by atoms with Crippen molar-refractivity contribution >= 4 is 33.2 Å². The van der Waals surface area contributed by atoms with E-state index in [1.807, 2.05) is 0 Å². The lowest BCUT2D eigenvalue weighted by Crippen LogP contribution is -2.40. The average molecular weight is 365 g/mol. The van der Waals surface area contributed by atoms with Gasteiger partial charge in [-0.25, -0.2) is 8.42 Å². The molecule has 2 aromatic carbocycles. The van der Waals surface area contributed by atoms with Crippen LogP contribution in [0.4, 0.5) is 5.69 Å². The Bertz CT molecular complexity index is 805. The molecule has 0 heterocycles. The lowest BCUT2D eigenvalue weighted by atomic mass is 10.3. The standard InChI is InChI=1S/C17H17ClN2O3S/c1-2-12-19-17(21)13-20(15-10-8-14(18)9-11-15)24(22,23)16-6-4-3-5-7-16/h2-11H,1,12-13H2,(H,19,21). The van der Waals surface area contributed by atoms with E-state index >= 15 is 0 Å². The van der Waals surface area contributed by atoms with Gasteiger partial charge in [0.25, 0.3) is 10.0 Å². The summed E-state index contributed by atoms with van der Waals surface area (Å²) in [5.41, 5.74) is 0.358. The van der Waals surface area contributed by atoms with Gasteiger partial charge in [-0.1, -0.05) is 35.9 Å². The maximum absolute atomic E-state index is 12.9. The molecule has 126 valence electrons. The van der Waals surface area contributed by atoms with Crippen LogP contribution in [0.2, 0.25) is 5.02 Å². The Morgan fingerprint density at radius 1 is 1.12 bits per heavy atom. The number of carbonyl (C=O) groups excluding carboxylic acids is 1. The molecule has 0 atom stereocenters. The number of nitrogens with one attached hydrogen (secondary N) is 1. The first-order valence-electron chi connectivity index (χ1n) is 7.16. The smallest absolute Gasteiger partial charge is 0.264 e. The fraction of sp³-hybridized carbons (Fsp3) is 0.118. The third-order valence-electron chi connectivity index (χ3n) is 3.18. The first-order valence-corrected chi connectivity index (χ1v) is 8.98. The second kappa shape index (κ2) is 7.99. The lowest BCUT2D eigenvalue weighted by Gasteiger charge is -2.24. The summed E-state index contributed by atoms with van der Waals surface area (Å²) < 4.78 is 26.9. The summed E-state index contributed by atoms with van der Waals surface area (Å²) in [6.45, 7) is 3.44. The van der Waals surface area contributed by atoms with Crippen LogP contribution in [0.15, 0.2) is 72.1 Å². The highest BCUT2D eigenvalue weighted by Gasteiger charge is 2.26. The number of nitrogens with zero attached hydrogens (tertiary/aromatic N) is 1. The van der Waals surface area contributed by atoms with E-state index < -0.39 is 15.9 Å². The summed E-state index contributed by atoms with van der Waals surface area (Å²) in [4.78, 5) is 12.1. The SMILES string of the molecule is C=CCNC(=O)CN(c1ccc(Cl)cc1)S(=O)(=O)c1ccccc1. The zero-order chi connectivity index (χ0) is 17.6. The minimum Gasteiger partial charge on any atom is -0.351 e. The minimum atomic E-state index is -3.88. The van der Waals surface area contributed by atoms with Crippen molar-refractivity contribution < 1.29 is 13.2 Å². The van der Waals surface area contributed by atoms with Crippen LogP contribution >= 0.6 is 11.6 Å². The van der Waals surface area contributed by atoms with Crippen LogP contribution < -0.4 is 9.62 Å². The molecule has 0 aliphatic carbocycles. The molecular weight excluding hydrogens is 348 g/mol. The molecule has 0 fully saturated rings. The molecule has 0 unspecified atom stereocenters. The number of hydrogen-bond acceptors (Lipinski definition) is 3. The van der Waals surface area contributed by atoms with Gasteiger partial charge in [0.05, 0.1) is 10.6 Å². The zero-order valence-corrected chi connectivity index (χ0v) is 14.4. The molecule has 24 heavy (non-hydrogen) atoms. The zero-order valence-electron chi connectivity index (χ0n) is 12.9. The molecule has 5 nitrogen and oxygen atoms in total. The number of hydrogen-bond donors (Lipinski definition) is 1. The predicted octanol–water partition coefficient (Wildman–Crippen LogP) is 2.84. The quantitative estimate of drug-likeness (QED) is 0.768. The molecule has 0 radical (unpaired) electrons. The second-order valence-electron chi connectivity index (χ2n) is 4.89. The first-order chi connectivity index (χ1) is 11.4. The van der Waals surface area contributed by atoms with Crippen LogP contribution in [-0.4, -0.2) is 27.4 Å². The summed E-state index contributed by atoms with van der Waals surface area (Å²) in [7, 11) is -3.88. The van der Waals surface area contributed by atoms with Crippen LogP contribution in [-0.2, 0) is 14.8 Å². The minimum absolute atomic E-state index is 0.108. The van der Waals surface area contributed by atoms with Gasteiger partial charge in [0, 0.05) is 11.6 Å². The van der Waals surface area contributed by atoms with Crippen molar-refractivity contribution in [2.45, 2.75) is 4.90 Å².